The van der Waals surface area contributed by atoms with E-state index in [-0.39, 0.29) is 31.5 Å². The van der Waals surface area contributed by atoms with Gasteiger partial charge in [0, 0.05) is 35.5 Å². The van der Waals surface area contributed by atoms with Crippen molar-refractivity contribution in [3.05, 3.63) is 24.2 Å². The van der Waals surface area contributed by atoms with Crippen molar-refractivity contribution in [2.75, 3.05) is 7.11 Å². The van der Waals surface area contributed by atoms with E-state index in [4.69, 9.17) is 32.8 Å². The summed E-state index contributed by atoms with van der Waals surface area (Å²) in [5.41, 5.74) is -9.54. The van der Waals surface area contributed by atoms with Crippen LogP contribution in [0.2, 0.25) is 0 Å². The second-order valence-corrected chi connectivity index (χ2v) is 15.5. The highest BCUT2D eigenvalue weighted by atomic mass is 16.9. The molecular weight excluding hydrogens is 588 g/mol. The molecule has 4 aliphatic carbocycles. The predicted octanol–water partition coefficient (Wildman–Crippen LogP) is 3.08. The van der Waals surface area contributed by atoms with Crippen molar-refractivity contribution < 1.29 is 57.1 Å². The summed E-state index contributed by atoms with van der Waals surface area (Å²) in [5, 5.41) is 13.5. The van der Waals surface area contributed by atoms with E-state index in [2.05, 4.69) is 0 Å². The van der Waals surface area contributed by atoms with Gasteiger partial charge in [-0.2, -0.15) is 0 Å². The third kappa shape index (κ3) is 2.77. The molecule has 3 spiro atoms. The number of hydrogen-bond donors (Lipinski definition) is 1. The van der Waals surface area contributed by atoms with Crippen LogP contribution in [0.1, 0.15) is 84.0 Å². The maximum absolute atomic E-state index is 14.3. The summed E-state index contributed by atoms with van der Waals surface area (Å²) in [5.74, 6) is -5.54. The van der Waals surface area contributed by atoms with E-state index in [0.717, 1.165) is 0 Å². The van der Waals surface area contributed by atoms with Gasteiger partial charge in [0.05, 0.1) is 31.3 Å². The zero-order chi connectivity index (χ0) is 32.4. The maximum Gasteiger partial charge on any atom is 0.308 e. The van der Waals surface area contributed by atoms with Crippen molar-refractivity contribution in [1.82, 2.24) is 0 Å². The number of hydrogen-bond acceptors (Lipinski definition) is 12. The van der Waals surface area contributed by atoms with Gasteiger partial charge in [0.15, 0.2) is 17.5 Å². The van der Waals surface area contributed by atoms with Gasteiger partial charge in [-0.05, 0) is 31.2 Å². The Labute approximate surface area is 260 Å². The van der Waals surface area contributed by atoms with Gasteiger partial charge in [-0.15, -0.1) is 0 Å². The van der Waals surface area contributed by atoms with Gasteiger partial charge in [-0.3, -0.25) is 19.2 Å². The first-order valence-corrected chi connectivity index (χ1v) is 15.8. The second-order valence-electron chi connectivity index (χ2n) is 15.5. The normalized spacial score (nSPS) is 52.9. The van der Waals surface area contributed by atoms with E-state index >= 15 is 0 Å². The molecular formula is C33H40O12. The van der Waals surface area contributed by atoms with Crippen molar-refractivity contribution in [2.45, 2.75) is 114 Å². The number of ether oxygens (including phenoxy) is 6. The number of carbonyl (C=O) groups is 4. The highest BCUT2D eigenvalue weighted by Crippen LogP contribution is 2.89. The van der Waals surface area contributed by atoms with Crippen molar-refractivity contribution in [3.8, 4) is 0 Å². The number of Topliss-reactive ketones (excluding diaryl/α,β-unsaturated/α-hetero) is 1. The number of furan rings is 1. The maximum atomic E-state index is 14.3. The lowest BCUT2D eigenvalue weighted by Crippen LogP contribution is -2.94. The number of aliphatic hydroxyl groups is 1. The molecule has 3 aliphatic heterocycles. The molecule has 4 saturated carbocycles. The van der Waals surface area contributed by atoms with Gasteiger partial charge in [-0.1, -0.05) is 34.6 Å². The molecule has 4 bridgehead atoms. The van der Waals surface area contributed by atoms with Crippen LogP contribution >= 0.6 is 0 Å². The highest BCUT2D eigenvalue weighted by molar-refractivity contribution is 6.01. The molecule has 7 aliphatic rings. The summed E-state index contributed by atoms with van der Waals surface area (Å²) in [7, 11) is 1.32. The fraction of sp³-hybridized carbons (Fsp3) is 0.758. The Balaban J connectivity index is 1.43. The quantitative estimate of drug-likeness (QED) is 0.279. The molecule has 4 heterocycles. The third-order valence-electron chi connectivity index (χ3n) is 13.4. The zero-order valence-corrected chi connectivity index (χ0v) is 26.6. The molecule has 7 fully saturated rings. The molecule has 3 saturated heterocycles. The van der Waals surface area contributed by atoms with E-state index in [1.807, 2.05) is 20.8 Å². The van der Waals surface area contributed by atoms with E-state index in [9.17, 15) is 24.3 Å². The van der Waals surface area contributed by atoms with Crippen LogP contribution in [0.15, 0.2) is 23.0 Å². The van der Waals surface area contributed by atoms with Crippen LogP contribution in [0.25, 0.3) is 0 Å². The number of fused-ring (bicyclic) bond motifs is 3. The largest absolute Gasteiger partial charge is 0.472 e. The molecule has 8 rings (SSSR count). The Morgan fingerprint density at radius 3 is 2.42 bits per heavy atom. The topological polar surface area (TPSA) is 157 Å². The Hall–Kier alpha value is -2.80. The Morgan fingerprint density at radius 2 is 1.78 bits per heavy atom. The molecule has 1 aromatic rings. The molecule has 0 amide bonds. The standard InChI is InChI=1S/C33H40O12/c1-16(2)23(37)42-24-27(4)15-31-28(5,18(27)12-20(34)39-7)30-10-9-26(3,22(36)17-8-11-40-14-17)19-13-21(35)41-25(32(24,31)38)33(19,30)45-29(6,43-30)44-31/h8,11,14,16,18-19,24-25,38H,9-10,12-13,15H2,1-7H3/t18-,19?,24-,25+,26+,27-,28?,29?,30?,31?,32-,33?/m0/s1. The first-order chi connectivity index (χ1) is 21.0. The summed E-state index contributed by atoms with van der Waals surface area (Å²) in [6.45, 7) is 10.7. The van der Waals surface area contributed by atoms with E-state index in [1.165, 1.54) is 19.6 Å². The van der Waals surface area contributed by atoms with E-state index in [0.29, 0.717) is 12.0 Å². The summed E-state index contributed by atoms with van der Waals surface area (Å²) < 4.78 is 43.8. The zero-order valence-electron chi connectivity index (χ0n) is 26.6. The van der Waals surface area contributed by atoms with Gasteiger partial charge in [0.2, 0.25) is 0 Å². The minimum atomic E-state index is -2.12. The summed E-state index contributed by atoms with van der Waals surface area (Å²) in [6.07, 6.45) is 0.652. The molecule has 12 atom stereocenters. The minimum absolute atomic E-state index is 0.0708. The van der Waals surface area contributed by atoms with Crippen molar-refractivity contribution in [1.29, 1.82) is 0 Å². The summed E-state index contributed by atoms with van der Waals surface area (Å²) in [4.78, 5) is 54.6. The Bertz CT molecular complexity index is 1550. The molecule has 0 aromatic carbocycles. The SMILES string of the molecule is COC(=O)C[C@@H]1C2(C)C34CC[C@@](C)(C(=O)c5ccoc5)C5CC(=O)O[C@H]6C53OC(C)(O4)OC23C[C@]1(C)[C@H](OC(=O)C(C)C)[C@]63O. The molecule has 6 unspecified atom stereocenters. The van der Waals surface area contributed by atoms with Crippen LogP contribution in [0, 0.1) is 34.0 Å². The van der Waals surface area contributed by atoms with Crippen LogP contribution in [0.4, 0.5) is 0 Å². The highest BCUT2D eigenvalue weighted by Gasteiger charge is 3.04. The third-order valence-corrected chi connectivity index (χ3v) is 13.4. The van der Waals surface area contributed by atoms with Crippen LogP contribution in [-0.2, 0) is 42.8 Å². The summed E-state index contributed by atoms with van der Waals surface area (Å²) >= 11 is 0. The number of ketones is 1. The average Bonchev–Trinajstić information content (AvgIpc) is 3.67. The lowest BCUT2D eigenvalue weighted by molar-refractivity contribution is -0.478. The molecule has 0 radical (unpaired) electrons. The molecule has 12 heteroatoms. The number of methoxy groups -OCH3 is 1. The van der Waals surface area contributed by atoms with Gasteiger partial charge in [0.25, 0.3) is 5.97 Å². The van der Waals surface area contributed by atoms with Crippen LogP contribution in [0.3, 0.4) is 0 Å². The second kappa shape index (κ2) is 8.18. The lowest BCUT2D eigenvalue weighted by Gasteiger charge is -2.77. The van der Waals surface area contributed by atoms with Crippen LogP contribution < -0.4 is 0 Å². The minimum Gasteiger partial charge on any atom is -0.472 e. The fourth-order valence-electron chi connectivity index (χ4n) is 12.0. The molecule has 244 valence electrons. The van der Waals surface area contributed by atoms with Gasteiger partial charge >= 0.3 is 17.9 Å². The number of esters is 3. The van der Waals surface area contributed by atoms with Crippen LogP contribution in [0.5, 0.6) is 0 Å². The number of rotatable bonds is 6. The van der Waals surface area contributed by atoms with E-state index < -0.39 is 92.5 Å². The molecule has 12 nitrogen and oxygen atoms in total. The molecule has 1 N–H and O–H groups in total. The molecule has 1 aromatic heterocycles. The van der Waals surface area contributed by atoms with Gasteiger partial charge < -0.3 is 37.9 Å². The number of carbonyl (C=O) groups excluding carboxylic acids is 4. The molecule has 45 heavy (non-hydrogen) atoms. The first-order valence-electron chi connectivity index (χ1n) is 15.8. The van der Waals surface area contributed by atoms with Crippen molar-refractivity contribution >= 4 is 23.7 Å². The fourth-order valence-corrected chi connectivity index (χ4v) is 12.0. The first kappa shape index (κ1) is 29.6. The Kier molecular flexibility index (Phi) is 5.38. The predicted molar refractivity (Wildman–Crippen MR) is 149 cm³/mol. The lowest BCUT2D eigenvalue weighted by atomic mass is 9.33. The van der Waals surface area contributed by atoms with Gasteiger partial charge in [0.1, 0.15) is 29.2 Å². The van der Waals surface area contributed by atoms with E-state index in [1.54, 1.807) is 26.8 Å². The monoisotopic (exact) mass is 628 g/mol. The summed E-state index contributed by atoms with van der Waals surface area (Å²) in [6, 6.07) is 1.59. The Morgan fingerprint density at radius 1 is 1.07 bits per heavy atom. The van der Waals surface area contributed by atoms with Crippen molar-refractivity contribution in [3.63, 3.8) is 0 Å². The van der Waals surface area contributed by atoms with Crippen molar-refractivity contribution in [2.24, 2.45) is 34.0 Å². The average molecular weight is 629 g/mol. The van der Waals surface area contributed by atoms with Gasteiger partial charge in [-0.25, -0.2) is 0 Å². The smallest absolute Gasteiger partial charge is 0.308 e. The van der Waals surface area contributed by atoms with Crippen LogP contribution in [-0.4, -0.2) is 76.5 Å².